The molecule has 2 rings (SSSR count). The quantitative estimate of drug-likeness (QED) is 0.628. The third kappa shape index (κ3) is 3.88. The molecule has 1 aromatic heterocycles. The molecule has 0 aliphatic heterocycles. The number of rotatable bonds is 6. The lowest BCUT2D eigenvalue weighted by Crippen LogP contribution is -2.03. The van der Waals surface area contributed by atoms with Crippen molar-refractivity contribution in [3.8, 4) is 11.6 Å². The van der Waals surface area contributed by atoms with E-state index in [1.54, 1.807) is 18.3 Å². The van der Waals surface area contributed by atoms with Crippen LogP contribution in [-0.4, -0.2) is 21.4 Å². The Morgan fingerprint density at radius 3 is 2.95 bits per heavy atom. The van der Waals surface area contributed by atoms with Gasteiger partial charge in [-0.1, -0.05) is 13.0 Å². The predicted molar refractivity (Wildman–Crippen MR) is 81.7 cm³/mol. The highest BCUT2D eigenvalue weighted by Crippen LogP contribution is 2.35. The zero-order chi connectivity index (χ0) is 15.2. The highest BCUT2D eigenvalue weighted by Gasteiger charge is 2.16. The van der Waals surface area contributed by atoms with E-state index in [-0.39, 0.29) is 16.0 Å². The normalized spacial score (nSPS) is 10.2. The Balaban J connectivity index is 2.22. The smallest absolute Gasteiger partial charge is 0.287 e. The molecule has 21 heavy (non-hydrogen) atoms. The lowest BCUT2D eigenvalue weighted by atomic mass is 10.3. The molecule has 8 heteroatoms. The lowest BCUT2D eigenvalue weighted by Gasteiger charge is -2.08. The number of benzene rings is 1. The van der Waals surface area contributed by atoms with Crippen molar-refractivity contribution < 1.29 is 9.66 Å². The van der Waals surface area contributed by atoms with Gasteiger partial charge in [-0.15, -0.1) is 0 Å². The highest BCUT2D eigenvalue weighted by atomic mass is 79.9. The minimum Gasteiger partial charge on any atom is -0.436 e. The summed E-state index contributed by atoms with van der Waals surface area (Å²) in [5, 5.41) is 14.0. The van der Waals surface area contributed by atoms with E-state index >= 15 is 0 Å². The Bertz CT molecular complexity index is 651. The average Bonchev–Trinajstić information content (AvgIpc) is 2.47. The number of hydrogen-bond donors (Lipinski definition) is 1. The fourth-order valence-corrected chi connectivity index (χ4v) is 2.06. The topological polar surface area (TPSA) is 90.2 Å². The van der Waals surface area contributed by atoms with Crippen LogP contribution in [0.25, 0.3) is 0 Å². The van der Waals surface area contributed by atoms with Crippen LogP contribution in [0, 0.1) is 10.1 Å². The van der Waals surface area contributed by atoms with E-state index in [9.17, 15) is 10.1 Å². The number of ether oxygens (including phenoxy) is 1. The summed E-state index contributed by atoms with van der Waals surface area (Å²) in [5.41, 5.74) is -0.0688. The van der Waals surface area contributed by atoms with Crippen LogP contribution in [0.3, 0.4) is 0 Å². The molecule has 0 saturated heterocycles. The summed E-state index contributed by atoms with van der Waals surface area (Å²) in [6.45, 7) is 2.82. The molecule has 0 saturated carbocycles. The van der Waals surface area contributed by atoms with E-state index in [1.165, 1.54) is 12.3 Å². The minimum absolute atomic E-state index is 0.0688. The minimum atomic E-state index is -0.484. The van der Waals surface area contributed by atoms with E-state index in [2.05, 4.69) is 31.2 Å². The molecule has 1 heterocycles. The van der Waals surface area contributed by atoms with Gasteiger partial charge in [0.05, 0.1) is 17.3 Å². The third-order valence-corrected chi connectivity index (χ3v) is 3.32. The number of nitrogens with zero attached hydrogens (tertiary/aromatic N) is 3. The summed E-state index contributed by atoms with van der Waals surface area (Å²) in [6.07, 6.45) is 4.00. The van der Waals surface area contributed by atoms with Crippen LogP contribution in [0.5, 0.6) is 11.6 Å². The number of halogens is 1. The van der Waals surface area contributed by atoms with E-state index in [0.717, 1.165) is 13.0 Å². The summed E-state index contributed by atoms with van der Waals surface area (Å²) >= 11 is 3.17. The number of hydrogen-bond acceptors (Lipinski definition) is 6. The summed E-state index contributed by atoms with van der Waals surface area (Å²) in [6, 6.07) is 4.55. The van der Waals surface area contributed by atoms with E-state index < -0.39 is 4.92 Å². The molecule has 7 nitrogen and oxygen atoms in total. The Labute approximate surface area is 129 Å². The fourth-order valence-electron chi connectivity index (χ4n) is 1.57. The van der Waals surface area contributed by atoms with E-state index in [4.69, 9.17) is 4.74 Å². The monoisotopic (exact) mass is 352 g/mol. The van der Waals surface area contributed by atoms with Gasteiger partial charge in [0.15, 0.2) is 5.75 Å². The largest absolute Gasteiger partial charge is 0.436 e. The first-order valence-corrected chi connectivity index (χ1v) is 7.07. The van der Waals surface area contributed by atoms with Crippen molar-refractivity contribution in [1.29, 1.82) is 0 Å². The number of nitrogens with one attached hydrogen (secondary N) is 1. The first-order chi connectivity index (χ1) is 10.1. The Hall–Kier alpha value is -2.22. The molecule has 0 aliphatic carbocycles. The molecule has 0 fully saturated rings. The molecule has 2 aromatic rings. The van der Waals surface area contributed by atoms with Crippen LogP contribution in [0.1, 0.15) is 13.3 Å². The van der Waals surface area contributed by atoms with Crippen LogP contribution in [0.15, 0.2) is 35.1 Å². The van der Waals surface area contributed by atoms with Gasteiger partial charge in [-0.25, -0.2) is 0 Å². The van der Waals surface area contributed by atoms with Gasteiger partial charge in [0.2, 0.25) is 5.88 Å². The fraction of sp³-hybridized carbons (Fsp3) is 0.231. The number of nitro groups is 1. The zero-order valence-electron chi connectivity index (χ0n) is 11.2. The second-order valence-corrected chi connectivity index (χ2v) is 4.91. The SMILES string of the molecule is CCCNc1cncc(Oc2cccc([N+](=O)[O-])c2Br)n1. The second-order valence-electron chi connectivity index (χ2n) is 4.12. The van der Waals surface area contributed by atoms with Gasteiger partial charge in [-0.05, 0) is 28.4 Å². The summed E-state index contributed by atoms with van der Waals surface area (Å²) in [5.74, 6) is 1.17. The van der Waals surface area contributed by atoms with Gasteiger partial charge in [0.25, 0.3) is 5.69 Å². The third-order valence-electron chi connectivity index (χ3n) is 2.52. The summed E-state index contributed by atoms with van der Waals surface area (Å²) in [4.78, 5) is 18.7. The van der Waals surface area contributed by atoms with Gasteiger partial charge >= 0.3 is 0 Å². The molecule has 0 atom stereocenters. The molecule has 1 N–H and O–H groups in total. The Morgan fingerprint density at radius 2 is 2.24 bits per heavy atom. The van der Waals surface area contributed by atoms with Crippen LogP contribution in [0.4, 0.5) is 11.5 Å². The molecule has 0 bridgehead atoms. The molecule has 0 unspecified atom stereocenters. The van der Waals surface area contributed by atoms with Gasteiger partial charge in [0, 0.05) is 12.6 Å². The van der Waals surface area contributed by atoms with Gasteiger partial charge in [0.1, 0.15) is 10.3 Å². The summed E-state index contributed by atoms with van der Waals surface area (Å²) in [7, 11) is 0. The maximum atomic E-state index is 10.9. The first-order valence-electron chi connectivity index (χ1n) is 6.28. The van der Waals surface area contributed by atoms with Crippen LogP contribution in [0.2, 0.25) is 0 Å². The summed E-state index contributed by atoms with van der Waals surface area (Å²) < 4.78 is 5.82. The van der Waals surface area contributed by atoms with Crippen molar-refractivity contribution in [2.24, 2.45) is 0 Å². The lowest BCUT2D eigenvalue weighted by molar-refractivity contribution is -0.385. The molecule has 0 aliphatic rings. The Kier molecular flexibility index (Phi) is 5.04. The van der Waals surface area contributed by atoms with Crippen LogP contribution in [-0.2, 0) is 0 Å². The van der Waals surface area contributed by atoms with Crippen molar-refractivity contribution in [3.05, 3.63) is 45.2 Å². The van der Waals surface area contributed by atoms with Gasteiger partial charge in [-0.2, -0.15) is 4.98 Å². The molecular weight excluding hydrogens is 340 g/mol. The molecule has 110 valence electrons. The maximum Gasteiger partial charge on any atom is 0.287 e. The first kappa shape index (κ1) is 15.2. The van der Waals surface area contributed by atoms with Crippen molar-refractivity contribution in [2.45, 2.75) is 13.3 Å². The maximum absolute atomic E-state index is 10.9. The molecule has 0 radical (unpaired) electrons. The molecule has 0 amide bonds. The molecule has 0 spiro atoms. The molecule has 1 aromatic carbocycles. The van der Waals surface area contributed by atoms with Crippen LogP contribution < -0.4 is 10.1 Å². The van der Waals surface area contributed by atoms with Crippen molar-refractivity contribution in [3.63, 3.8) is 0 Å². The Morgan fingerprint density at radius 1 is 1.43 bits per heavy atom. The van der Waals surface area contributed by atoms with Crippen molar-refractivity contribution in [2.75, 3.05) is 11.9 Å². The standard InChI is InChI=1S/C13H13BrN4O3/c1-2-6-16-11-7-15-8-12(17-11)21-10-5-3-4-9(13(10)14)18(19)20/h3-5,7-8H,2,6H2,1H3,(H,16,17). The number of anilines is 1. The van der Waals surface area contributed by atoms with Crippen LogP contribution >= 0.6 is 15.9 Å². The number of nitro benzene ring substituents is 1. The molecular formula is C13H13BrN4O3. The second kappa shape index (κ2) is 6.98. The van der Waals surface area contributed by atoms with Crippen molar-refractivity contribution in [1.82, 2.24) is 9.97 Å². The number of aromatic nitrogens is 2. The average molecular weight is 353 g/mol. The zero-order valence-corrected chi connectivity index (χ0v) is 12.8. The highest BCUT2D eigenvalue weighted by molar-refractivity contribution is 9.10. The van der Waals surface area contributed by atoms with E-state index in [1.807, 2.05) is 6.92 Å². The van der Waals surface area contributed by atoms with E-state index in [0.29, 0.717) is 11.6 Å². The van der Waals surface area contributed by atoms with Gasteiger partial charge < -0.3 is 10.1 Å². The van der Waals surface area contributed by atoms with Gasteiger partial charge in [-0.3, -0.25) is 15.1 Å². The predicted octanol–water partition coefficient (Wildman–Crippen LogP) is 3.76. The van der Waals surface area contributed by atoms with Crippen molar-refractivity contribution >= 4 is 27.4 Å².